The predicted octanol–water partition coefficient (Wildman–Crippen LogP) is 14.4. The Morgan fingerprint density at radius 1 is 0.200 bits per heavy atom. The molecule has 0 saturated heterocycles. The van der Waals surface area contributed by atoms with Crippen LogP contribution in [-0.2, 0) is 5.41 Å². The molecule has 0 bridgehead atoms. The Morgan fingerprint density at radius 2 is 0.545 bits per heavy atom. The lowest BCUT2D eigenvalue weighted by Gasteiger charge is -2.31. The Labute approximate surface area is 322 Å². The molecule has 9 aromatic rings. The van der Waals surface area contributed by atoms with Gasteiger partial charge in [-0.05, 0) is 118 Å². The Hall–Kier alpha value is -7.02. The van der Waals surface area contributed by atoms with Crippen molar-refractivity contribution in [3.05, 3.63) is 241 Å². The maximum atomic E-state index is 2.53. The zero-order chi connectivity index (χ0) is 36.3. The van der Waals surface area contributed by atoms with Gasteiger partial charge in [-0.25, -0.2) is 0 Å². The van der Waals surface area contributed by atoms with E-state index in [2.05, 4.69) is 218 Å². The topological polar surface area (TPSA) is 0 Å². The van der Waals surface area contributed by atoms with Gasteiger partial charge in [-0.2, -0.15) is 0 Å². The summed E-state index contributed by atoms with van der Waals surface area (Å²) in [5.41, 5.74) is 22.4. The molecule has 0 N–H and O–H groups in total. The summed E-state index contributed by atoms with van der Waals surface area (Å²) in [6, 6.07) is 80.8. The fourth-order valence-corrected chi connectivity index (χ4v) is 9.55. The molecule has 0 aromatic heterocycles. The van der Waals surface area contributed by atoms with Gasteiger partial charge in [0, 0.05) is 0 Å². The van der Waals surface area contributed by atoms with Crippen molar-refractivity contribution in [2.75, 3.05) is 0 Å². The van der Waals surface area contributed by atoms with Crippen LogP contribution in [0.1, 0.15) is 22.3 Å². The van der Waals surface area contributed by atoms with E-state index in [1.807, 2.05) is 0 Å². The van der Waals surface area contributed by atoms with Gasteiger partial charge in [0.2, 0.25) is 0 Å². The summed E-state index contributed by atoms with van der Waals surface area (Å²) in [6.07, 6.45) is 0. The van der Waals surface area contributed by atoms with Gasteiger partial charge in [0.25, 0.3) is 0 Å². The van der Waals surface area contributed by atoms with Crippen molar-refractivity contribution in [3.63, 3.8) is 0 Å². The number of hydrogen-bond acceptors (Lipinski definition) is 0. The van der Waals surface area contributed by atoms with E-state index < -0.39 is 5.41 Å². The molecule has 0 radical (unpaired) electrons. The van der Waals surface area contributed by atoms with Crippen LogP contribution in [0.4, 0.5) is 0 Å². The van der Waals surface area contributed by atoms with Crippen LogP contribution in [0.3, 0.4) is 0 Å². The standard InChI is InChI=1S/C55H36/c1-4-16-37(17-5-1)39-28-30-41(31-29-39)49-35-43(38-18-6-2-7-19-38)34-48(40-20-8-3-9-21-40)54(49)42-32-33-47-46-24-12-15-27-52(46)55(53(47)36-42)50-25-13-10-22-44(50)45-23-11-14-26-51(45)55/h1-36H. The molecule has 256 valence electrons. The Balaban J connectivity index is 1.21. The van der Waals surface area contributed by atoms with Crippen molar-refractivity contribution in [1.82, 2.24) is 0 Å². The van der Waals surface area contributed by atoms with Gasteiger partial charge in [0.15, 0.2) is 0 Å². The van der Waals surface area contributed by atoms with Gasteiger partial charge in [-0.3, -0.25) is 0 Å². The van der Waals surface area contributed by atoms with Crippen LogP contribution in [0.25, 0.3) is 77.9 Å². The van der Waals surface area contributed by atoms with Crippen molar-refractivity contribution < 1.29 is 0 Å². The fraction of sp³-hybridized carbons (Fsp3) is 0.0182. The number of fused-ring (bicyclic) bond motifs is 10. The molecular weight excluding hydrogens is 661 g/mol. The van der Waals surface area contributed by atoms with E-state index in [-0.39, 0.29) is 0 Å². The molecular formula is C55H36. The Bertz CT molecular complexity index is 2820. The van der Waals surface area contributed by atoms with Gasteiger partial charge < -0.3 is 0 Å². The van der Waals surface area contributed by atoms with E-state index in [4.69, 9.17) is 0 Å². The van der Waals surface area contributed by atoms with Crippen LogP contribution in [0.2, 0.25) is 0 Å². The second-order valence-corrected chi connectivity index (χ2v) is 14.8. The van der Waals surface area contributed by atoms with E-state index in [9.17, 15) is 0 Å². The largest absolute Gasteiger partial charge is 0.0725 e. The van der Waals surface area contributed by atoms with Gasteiger partial charge in [-0.15, -0.1) is 0 Å². The molecule has 0 heteroatoms. The van der Waals surface area contributed by atoms with E-state index in [0.717, 1.165) is 0 Å². The summed E-state index contributed by atoms with van der Waals surface area (Å²) >= 11 is 0. The van der Waals surface area contributed by atoms with Crippen LogP contribution in [0.15, 0.2) is 218 Å². The third-order valence-electron chi connectivity index (χ3n) is 11.9. The van der Waals surface area contributed by atoms with Crippen molar-refractivity contribution in [2.24, 2.45) is 0 Å². The quantitative estimate of drug-likeness (QED) is 0.168. The molecule has 0 saturated carbocycles. The monoisotopic (exact) mass is 696 g/mol. The summed E-state index contributed by atoms with van der Waals surface area (Å²) in [6.45, 7) is 0. The van der Waals surface area contributed by atoms with Gasteiger partial charge >= 0.3 is 0 Å². The SMILES string of the molecule is c1ccc(-c2ccc(-c3cc(-c4ccccc4)cc(-c4ccccc4)c3-c3ccc4c(c3)C3(c5ccccc5-c5ccccc53)c3ccccc3-4)cc2)cc1. The third-order valence-corrected chi connectivity index (χ3v) is 11.9. The average Bonchev–Trinajstić information content (AvgIpc) is 3.74. The second-order valence-electron chi connectivity index (χ2n) is 14.8. The Kier molecular flexibility index (Phi) is 7.19. The molecule has 11 rings (SSSR count). The highest BCUT2D eigenvalue weighted by molar-refractivity contribution is 6.01. The molecule has 1 spiro atoms. The lowest BCUT2D eigenvalue weighted by atomic mass is 9.70. The molecule has 0 unspecified atom stereocenters. The first-order valence-corrected chi connectivity index (χ1v) is 19.2. The van der Waals surface area contributed by atoms with Gasteiger partial charge in [-0.1, -0.05) is 200 Å². The first-order valence-electron chi connectivity index (χ1n) is 19.2. The molecule has 0 fully saturated rings. The summed E-state index contributed by atoms with van der Waals surface area (Å²) in [5.74, 6) is 0. The number of hydrogen-bond donors (Lipinski definition) is 0. The normalized spacial score (nSPS) is 12.9. The number of rotatable bonds is 5. The van der Waals surface area contributed by atoms with Crippen molar-refractivity contribution in [2.45, 2.75) is 5.41 Å². The Morgan fingerprint density at radius 3 is 1.05 bits per heavy atom. The molecule has 0 amide bonds. The fourth-order valence-electron chi connectivity index (χ4n) is 9.55. The minimum Gasteiger partial charge on any atom is -0.0622 e. The smallest absolute Gasteiger partial charge is 0.0622 e. The summed E-state index contributed by atoms with van der Waals surface area (Å²) in [5, 5.41) is 0. The molecule has 0 aliphatic heterocycles. The van der Waals surface area contributed by atoms with E-state index in [0.29, 0.717) is 0 Å². The first kappa shape index (κ1) is 31.5. The molecule has 9 aromatic carbocycles. The maximum Gasteiger partial charge on any atom is 0.0725 e. The average molecular weight is 697 g/mol. The highest BCUT2D eigenvalue weighted by Gasteiger charge is 2.51. The van der Waals surface area contributed by atoms with Crippen LogP contribution >= 0.6 is 0 Å². The third kappa shape index (κ3) is 4.78. The van der Waals surface area contributed by atoms with Gasteiger partial charge in [0.05, 0.1) is 5.41 Å². The molecule has 0 heterocycles. The number of benzene rings is 9. The lowest BCUT2D eigenvalue weighted by Crippen LogP contribution is -2.25. The van der Waals surface area contributed by atoms with E-state index >= 15 is 0 Å². The van der Waals surface area contributed by atoms with Crippen molar-refractivity contribution >= 4 is 0 Å². The highest BCUT2D eigenvalue weighted by Crippen LogP contribution is 2.63. The molecule has 0 nitrogen and oxygen atoms in total. The van der Waals surface area contributed by atoms with Crippen molar-refractivity contribution in [3.8, 4) is 77.9 Å². The van der Waals surface area contributed by atoms with Crippen LogP contribution in [0.5, 0.6) is 0 Å². The molecule has 2 aliphatic carbocycles. The predicted molar refractivity (Wildman–Crippen MR) is 230 cm³/mol. The minimum atomic E-state index is -0.413. The maximum absolute atomic E-state index is 2.53. The lowest BCUT2D eigenvalue weighted by molar-refractivity contribution is 0.794. The molecule has 0 atom stereocenters. The molecule has 55 heavy (non-hydrogen) atoms. The van der Waals surface area contributed by atoms with Gasteiger partial charge in [0.1, 0.15) is 0 Å². The van der Waals surface area contributed by atoms with Crippen molar-refractivity contribution in [1.29, 1.82) is 0 Å². The van der Waals surface area contributed by atoms with Crippen LogP contribution in [0, 0.1) is 0 Å². The minimum absolute atomic E-state index is 0.413. The van der Waals surface area contributed by atoms with E-state index in [1.165, 1.54) is 100 Å². The zero-order valence-corrected chi connectivity index (χ0v) is 30.3. The zero-order valence-electron chi connectivity index (χ0n) is 30.3. The summed E-state index contributed by atoms with van der Waals surface area (Å²) in [7, 11) is 0. The summed E-state index contributed by atoms with van der Waals surface area (Å²) in [4.78, 5) is 0. The second kappa shape index (κ2) is 12.5. The molecule has 2 aliphatic rings. The highest BCUT2D eigenvalue weighted by atomic mass is 14.5. The summed E-state index contributed by atoms with van der Waals surface area (Å²) < 4.78 is 0. The van der Waals surface area contributed by atoms with Crippen LogP contribution < -0.4 is 0 Å². The first-order chi connectivity index (χ1) is 27.3. The van der Waals surface area contributed by atoms with E-state index in [1.54, 1.807) is 0 Å². The van der Waals surface area contributed by atoms with Crippen LogP contribution in [-0.4, -0.2) is 0 Å².